The minimum atomic E-state index is 0.216. The van der Waals surface area contributed by atoms with E-state index in [2.05, 4.69) is 4.90 Å². The first-order chi connectivity index (χ1) is 9.74. The molecule has 3 rings (SSSR count). The van der Waals surface area contributed by atoms with Crippen LogP contribution in [0.1, 0.15) is 24.8 Å². The van der Waals surface area contributed by atoms with E-state index in [0.29, 0.717) is 12.5 Å². The van der Waals surface area contributed by atoms with E-state index in [1.807, 2.05) is 29.2 Å². The molecule has 0 spiro atoms. The molecule has 1 atom stereocenters. The molecule has 1 aromatic rings. The lowest BCUT2D eigenvalue weighted by atomic mass is 9.99. The molecule has 108 valence electrons. The minimum absolute atomic E-state index is 0.216. The van der Waals surface area contributed by atoms with Crippen LogP contribution in [0.3, 0.4) is 0 Å². The molecular formula is C16H23N3O. The molecule has 0 radical (unpaired) electrons. The van der Waals surface area contributed by atoms with Crippen molar-refractivity contribution < 1.29 is 4.79 Å². The minimum Gasteiger partial charge on any atom is -0.398 e. The van der Waals surface area contributed by atoms with E-state index in [9.17, 15) is 4.79 Å². The van der Waals surface area contributed by atoms with Crippen molar-refractivity contribution in [2.45, 2.75) is 31.7 Å². The summed E-state index contributed by atoms with van der Waals surface area (Å²) in [7, 11) is 0. The van der Waals surface area contributed by atoms with Crippen molar-refractivity contribution in [3.8, 4) is 0 Å². The number of carbonyl (C=O) groups excluding carboxylic acids is 1. The van der Waals surface area contributed by atoms with Gasteiger partial charge in [-0.2, -0.15) is 0 Å². The number of hydrogen-bond donors (Lipinski definition) is 1. The van der Waals surface area contributed by atoms with Gasteiger partial charge in [0.15, 0.2) is 0 Å². The SMILES string of the molecule is Nc1ccccc1CC(=O)N1CCN2CCCCC2C1. The number of nitrogens with zero attached hydrogens (tertiary/aromatic N) is 2. The highest BCUT2D eigenvalue weighted by Crippen LogP contribution is 2.22. The molecule has 0 aliphatic carbocycles. The van der Waals surface area contributed by atoms with Crippen LogP contribution in [0.25, 0.3) is 0 Å². The summed E-state index contributed by atoms with van der Waals surface area (Å²) in [5.41, 5.74) is 7.59. The Hall–Kier alpha value is -1.55. The summed E-state index contributed by atoms with van der Waals surface area (Å²) in [6, 6.07) is 8.24. The van der Waals surface area contributed by atoms with Gasteiger partial charge in [-0.05, 0) is 31.0 Å². The van der Waals surface area contributed by atoms with Crippen LogP contribution in [0.5, 0.6) is 0 Å². The number of hydrogen-bond acceptors (Lipinski definition) is 3. The van der Waals surface area contributed by atoms with E-state index in [1.165, 1.54) is 25.8 Å². The molecule has 0 aromatic heterocycles. The van der Waals surface area contributed by atoms with Crippen LogP contribution in [-0.2, 0) is 11.2 Å². The van der Waals surface area contributed by atoms with Crippen LogP contribution < -0.4 is 5.73 Å². The molecule has 2 heterocycles. The number of amides is 1. The number of fused-ring (bicyclic) bond motifs is 1. The maximum absolute atomic E-state index is 12.4. The second-order valence-corrected chi connectivity index (χ2v) is 5.90. The Balaban J connectivity index is 1.62. The molecule has 4 heteroatoms. The molecule has 1 aromatic carbocycles. The topological polar surface area (TPSA) is 49.6 Å². The number of piperazine rings is 1. The Bertz CT molecular complexity index is 488. The number of carbonyl (C=O) groups is 1. The van der Waals surface area contributed by atoms with Gasteiger partial charge >= 0.3 is 0 Å². The monoisotopic (exact) mass is 273 g/mol. The van der Waals surface area contributed by atoms with Gasteiger partial charge in [0.25, 0.3) is 0 Å². The van der Waals surface area contributed by atoms with E-state index in [0.717, 1.165) is 30.9 Å². The molecule has 2 N–H and O–H groups in total. The third kappa shape index (κ3) is 2.80. The van der Waals surface area contributed by atoms with Crippen LogP contribution >= 0.6 is 0 Å². The molecule has 2 fully saturated rings. The second kappa shape index (κ2) is 5.83. The van der Waals surface area contributed by atoms with Gasteiger partial charge in [0.05, 0.1) is 6.42 Å². The Morgan fingerprint density at radius 1 is 1.20 bits per heavy atom. The van der Waals surface area contributed by atoms with Crippen LogP contribution in [0, 0.1) is 0 Å². The fourth-order valence-corrected chi connectivity index (χ4v) is 3.35. The van der Waals surface area contributed by atoms with Gasteiger partial charge in [0.1, 0.15) is 0 Å². The third-order valence-electron chi connectivity index (χ3n) is 4.59. The number of rotatable bonds is 2. The molecule has 2 aliphatic rings. The summed E-state index contributed by atoms with van der Waals surface area (Å²) in [5, 5.41) is 0. The maximum atomic E-state index is 12.4. The van der Waals surface area contributed by atoms with Crippen LogP contribution in [0.15, 0.2) is 24.3 Å². The lowest BCUT2D eigenvalue weighted by Crippen LogP contribution is -2.56. The normalized spacial score (nSPS) is 23.4. The van der Waals surface area contributed by atoms with E-state index in [4.69, 9.17) is 5.73 Å². The van der Waals surface area contributed by atoms with Gasteiger partial charge in [0, 0.05) is 31.4 Å². The first kappa shape index (κ1) is 13.4. The molecule has 2 saturated heterocycles. The van der Waals surface area contributed by atoms with Crippen LogP contribution in [-0.4, -0.2) is 47.9 Å². The molecule has 4 nitrogen and oxygen atoms in total. The van der Waals surface area contributed by atoms with Gasteiger partial charge in [-0.3, -0.25) is 9.69 Å². The molecule has 0 saturated carbocycles. The number of para-hydroxylation sites is 1. The van der Waals surface area contributed by atoms with E-state index in [-0.39, 0.29) is 5.91 Å². The molecular weight excluding hydrogens is 250 g/mol. The number of anilines is 1. The Labute approximate surface area is 120 Å². The predicted molar refractivity (Wildman–Crippen MR) is 80.4 cm³/mol. The lowest BCUT2D eigenvalue weighted by Gasteiger charge is -2.44. The largest absolute Gasteiger partial charge is 0.398 e. The van der Waals surface area contributed by atoms with Crippen molar-refractivity contribution in [1.29, 1.82) is 0 Å². The van der Waals surface area contributed by atoms with Crippen LogP contribution in [0.2, 0.25) is 0 Å². The summed E-state index contributed by atoms with van der Waals surface area (Å²) < 4.78 is 0. The number of nitrogens with two attached hydrogens (primary N) is 1. The fraction of sp³-hybridized carbons (Fsp3) is 0.562. The standard InChI is InChI=1S/C16H23N3O/c17-15-7-2-1-5-13(15)11-16(20)19-10-9-18-8-4-3-6-14(18)12-19/h1-2,5,7,14H,3-4,6,8-12,17H2. The zero-order valence-corrected chi connectivity index (χ0v) is 11.9. The highest BCUT2D eigenvalue weighted by atomic mass is 16.2. The maximum Gasteiger partial charge on any atom is 0.227 e. The Kier molecular flexibility index (Phi) is 3.92. The average molecular weight is 273 g/mol. The van der Waals surface area contributed by atoms with Gasteiger partial charge in [0.2, 0.25) is 5.91 Å². The highest BCUT2D eigenvalue weighted by Gasteiger charge is 2.30. The van der Waals surface area contributed by atoms with Crippen molar-refractivity contribution in [2.75, 3.05) is 31.9 Å². The zero-order valence-electron chi connectivity index (χ0n) is 11.9. The van der Waals surface area contributed by atoms with Crippen molar-refractivity contribution in [3.63, 3.8) is 0 Å². The first-order valence-electron chi connectivity index (χ1n) is 7.59. The molecule has 1 amide bonds. The number of benzene rings is 1. The van der Waals surface area contributed by atoms with E-state index >= 15 is 0 Å². The first-order valence-corrected chi connectivity index (χ1v) is 7.59. The summed E-state index contributed by atoms with van der Waals surface area (Å²) in [6.45, 7) is 3.99. The van der Waals surface area contributed by atoms with Gasteiger partial charge in [-0.15, -0.1) is 0 Å². The predicted octanol–water partition coefficient (Wildman–Crippen LogP) is 1.51. The molecule has 20 heavy (non-hydrogen) atoms. The quantitative estimate of drug-likeness (QED) is 0.831. The van der Waals surface area contributed by atoms with E-state index in [1.54, 1.807) is 0 Å². The highest BCUT2D eigenvalue weighted by molar-refractivity contribution is 5.80. The van der Waals surface area contributed by atoms with Crippen molar-refractivity contribution in [1.82, 2.24) is 9.80 Å². The number of piperidine rings is 1. The summed E-state index contributed by atoms with van der Waals surface area (Å²) in [6.07, 6.45) is 4.27. The van der Waals surface area contributed by atoms with Crippen molar-refractivity contribution >= 4 is 11.6 Å². The Morgan fingerprint density at radius 3 is 2.90 bits per heavy atom. The summed E-state index contributed by atoms with van der Waals surface area (Å²) in [5.74, 6) is 0.216. The van der Waals surface area contributed by atoms with Gasteiger partial charge in [-0.25, -0.2) is 0 Å². The molecule has 0 bridgehead atoms. The molecule has 2 aliphatic heterocycles. The van der Waals surface area contributed by atoms with Crippen LogP contribution in [0.4, 0.5) is 5.69 Å². The van der Waals surface area contributed by atoms with Gasteiger partial charge < -0.3 is 10.6 Å². The van der Waals surface area contributed by atoms with Gasteiger partial charge in [-0.1, -0.05) is 24.6 Å². The summed E-state index contributed by atoms with van der Waals surface area (Å²) >= 11 is 0. The fourth-order valence-electron chi connectivity index (χ4n) is 3.35. The Morgan fingerprint density at radius 2 is 2.05 bits per heavy atom. The lowest BCUT2D eigenvalue weighted by molar-refractivity contribution is -0.134. The zero-order chi connectivity index (χ0) is 13.9. The second-order valence-electron chi connectivity index (χ2n) is 5.90. The third-order valence-corrected chi connectivity index (χ3v) is 4.59. The van der Waals surface area contributed by atoms with E-state index < -0.39 is 0 Å². The smallest absolute Gasteiger partial charge is 0.227 e. The number of nitrogen functional groups attached to an aromatic ring is 1. The molecule has 1 unspecified atom stereocenters. The summed E-state index contributed by atoms with van der Waals surface area (Å²) in [4.78, 5) is 17.0. The average Bonchev–Trinajstić information content (AvgIpc) is 2.49. The van der Waals surface area contributed by atoms with Crippen molar-refractivity contribution in [3.05, 3.63) is 29.8 Å². The van der Waals surface area contributed by atoms with Crippen molar-refractivity contribution in [2.24, 2.45) is 0 Å².